The molecule has 9 nitrogen and oxygen atoms in total. The summed E-state index contributed by atoms with van der Waals surface area (Å²) < 4.78 is 7.39. The monoisotopic (exact) mass is 319 g/mol. The summed E-state index contributed by atoms with van der Waals surface area (Å²) in [5.74, 6) is 1.78. The maximum absolute atomic E-state index is 12.3. The summed E-state index contributed by atoms with van der Waals surface area (Å²) in [5, 5.41) is 11.1. The summed E-state index contributed by atoms with van der Waals surface area (Å²) in [6, 6.07) is 0. The van der Waals surface area contributed by atoms with E-state index in [0.717, 1.165) is 5.82 Å². The highest BCUT2D eigenvalue weighted by molar-refractivity contribution is 5.76. The van der Waals surface area contributed by atoms with Gasteiger partial charge in [-0.3, -0.25) is 14.6 Å². The standard InChI is InChI=1S/C14H21N7O2/c1-10(2)13-17-14(19-18-13)11-7-20(5-6-23-11)12(22)3-4-21-9-15-8-16-21/h8-11H,3-7H2,1-2H3,(H,17,18,19)/t11-/m0/s1. The van der Waals surface area contributed by atoms with Gasteiger partial charge in [-0.05, 0) is 0 Å². The van der Waals surface area contributed by atoms with Crippen LogP contribution in [0.5, 0.6) is 0 Å². The lowest BCUT2D eigenvalue weighted by Crippen LogP contribution is -2.42. The van der Waals surface area contributed by atoms with Crippen molar-refractivity contribution in [3.05, 3.63) is 24.3 Å². The molecule has 0 spiro atoms. The number of aryl methyl sites for hydroxylation is 1. The fourth-order valence-electron chi connectivity index (χ4n) is 2.45. The lowest BCUT2D eigenvalue weighted by atomic mass is 10.2. The number of aromatic nitrogens is 6. The summed E-state index contributed by atoms with van der Waals surface area (Å²) >= 11 is 0. The van der Waals surface area contributed by atoms with Gasteiger partial charge in [0.15, 0.2) is 11.6 Å². The van der Waals surface area contributed by atoms with Crippen LogP contribution in [0.1, 0.15) is 43.9 Å². The van der Waals surface area contributed by atoms with Crippen LogP contribution in [0.4, 0.5) is 0 Å². The van der Waals surface area contributed by atoms with E-state index in [-0.39, 0.29) is 17.9 Å². The van der Waals surface area contributed by atoms with E-state index in [9.17, 15) is 4.79 Å². The normalized spacial score (nSPS) is 18.6. The van der Waals surface area contributed by atoms with Crippen LogP contribution >= 0.6 is 0 Å². The molecule has 3 heterocycles. The summed E-state index contributed by atoms with van der Waals surface area (Å²) in [7, 11) is 0. The Hall–Kier alpha value is -2.29. The Balaban J connectivity index is 1.57. The summed E-state index contributed by atoms with van der Waals surface area (Å²) in [6.07, 6.45) is 3.21. The molecule has 1 saturated heterocycles. The number of morpholine rings is 1. The molecule has 2 aromatic heterocycles. The van der Waals surface area contributed by atoms with Gasteiger partial charge >= 0.3 is 0 Å². The molecule has 0 radical (unpaired) electrons. The maximum atomic E-state index is 12.3. The molecule has 0 saturated carbocycles. The smallest absolute Gasteiger partial charge is 0.224 e. The first kappa shape index (κ1) is 15.6. The molecule has 0 unspecified atom stereocenters. The third-order valence-electron chi connectivity index (χ3n) is 3.78. The average molecular weight is 319 g/mol. The third kappa shape index (κ3) is 3.73. The topological polar surface area (TPSA) is 102 Å². The number of H-pyrrole nitrogens is 1. The summed E-state index contributed by atoms with van der Waals surface area (Å²) in [6.45, 7) is 6.18. The molecular formula is C14H21N7O2. The Labute approximate surface area is 134 Å². The van der Waals surface area contributed by atoms with Crippen molar-refractivity contribution >= 4 is 5.91 Å². The number of aromatic amines is 1. The van der Waals surface area contributed by atoms with E-state index in [1.807, 2.05) is 18.7 Å². The number of hydrogen-bond donors (Lipinski definition) is 1. The van der Waals surface area contributed by atoms with E-state index >= 15 is 0 Å². The van der Waals surface area contributed by atoms with E-state index in [4.69, 9.17) is 4.74 Å². The molecule has 0 aliphatic carbocycles. The van der Waals surface area contributed by atoms with Gasteiger partial charge in [0, 0.05) is 18.9 Å². The molecule has 1 N–H and O–H groups in total. The molecule has 3 rings (SSSR count). The predicted molar refractivity (Wildman–Crippen MR) is 80.4 cm³/mol. The lowest BCUT2D eigenvalue weighted by molar-refractivity contribution is -0.139. The zero-order chi connectivity index (χ0) is 16.2. The van der Waals surface area contributed by atoms with Crippen molar-refractivity contribution < 1.29 is 9.53 Å². The molecule has 9 heteroatoms. The minimum Gasteiger partial charge on any atom is -0.367 e. The molecule has 1 fully saturated rings. The van der Waals surface area contributed by atoms with Crippen molar-refractivity contribution in [1.82, 2.24) is 34.8 Å². The van der Waals surface area contributed by atoms with Gasteiger partial charge in [-0.2, -0.15) is 10.2 Å². The van der Waals surface area contributed by atoms with Crippen LogP contribution in [-0.2, 0) is 16.1 Å². The van der Waals surface area contributed by atoms with Crippen molar-refractivity contribution in [1.29, 1.82) is 0 Å². The predicted octanol–water partition coefficient (Wildman–Crippen LogP) is 0.510. The van der Waals surface area contributed by atoms with E-state index in [1.54, 1.807) is 11.0 Å². The minimum atomic E-state index is -0.251. The zero-order valence-corrected chi connectivity index (χ0v) is 13.3. The number of nitrogens with zero attached hydrogens (tertiary/aromatic N) is 6. The first-order valence-corrected chi connectivity index (χ1v) is 7.77. The number of carbonyl (C=O) groups is 1. The van der Waals surface area contributed by atoms with Gasteiger partial charge in [-0.1, -0.05) is 13.8 Å². The molecule has 23 heavy (non-hydrogen) atoms. The average Bonchev–Trinajstić information content (AvgIpc) is 3.24. The number of hydrogen-bond acceptors (Lipinski definition) is 6. The van der Waals surface area contributed by atoms with Gasteiger partial charge in [0.2, 0.25) is 5.91 Å². The highest BCUT2D eigenvalue weighted by Gasteiger charge is 2.27. The van der Waals surface area contributed by atoms with Crippen molar-refractivity contribution in [3.8, 4) is 0 Å². The van der Waals surface area contributed by atoms with Crippen LogP contribution in [0.15, 0.2) is 12.7 Å². The number of carbonyl (C=O) groups excluding carboxylic acids is 1. The minimum absolute atomic E-state index is 0.0809. The van der Waals surface area contributed by atoms with Gasteiger partial charge in [0.25, 0.3) is 0 Å². The van der Waals surface area contributed by atoms with Crippen molar-refractivity contribution in [2.24, 2.45) is 0 Å². The molecule has 0 aromatic carbocycles. The molecule has 1 atom stereocenters. The Kier molecular flexibility index (Phi) is 4.65. The van der Waals surface area contributed by atoms with Gasteiger partial charge in [0.1, 0.15) is 18.8 Å². The van der Waals surface area contributed by atoms with Crippen molar-refractivity contribution in [2.45, 2.75) is 38.8 Å². The van der Waals surface area contributed by atoms with E-state index in [1.165, 1.54) is 6.33 Å². The van der Waals surface area contributed by atoms with Gasteiger partial charge in [-0.15, -0.1) is 0 Å². The lowest BCUT2D eigenvalue weighted by Gasteiger charge is -2.31. The summed E-state index contributed by atoms with van der Waals surface area (Å²) in [4.78, 5) is 22.5. The van der Waals surface area contributed by atoms with Gasteiger partial charge < -0.3 is 9.64 Å². The second kappa shape index (κ2) is 6.86. The number of nitrogens with one attached hydrogen (secondary N) is 1. The van der Waals surface area contributed by atoms with Crippen LogP contribution in [-0.4, -0.2) is 60.4 Å². The van der Waals surface area contributed by atoms with E-state index < -0.39 is 0 Å². The summed E-state index contributed by atoms with van der Waals surface area (Å²) in [5.41, 5.74) is 0. The van der Waals surface area contributed by atoms with E-state index in [0.29, 0.717) is 38.5 Å². The van der Waals surface area contributed by atoms with Crippen LogP contribution < -0.4 is 0 Å². The zero-order valence-electron chi connectivity index (χ0n) is 13.3. The fourth-order valence-corrected chi connectivity index (χ4v) is 2.45. The molecule has 1 amide bonds. The Morgan fingerprint density at radius 3 is 3.09 bits per heavy atom. The van der Waals surface area contributed by atoms with Crippen molar-refractivity contribution in [2.75, 3.05) is 19.7 Å². The molecular weight excluding hydrogens is 298 g/mol. The van der Waals surface area contributed by atoms with Crippen LogP contribution in [0.25, 0.3) is 0 Å². The fraction of sp³-hybridized carbons (Fsp3) is 0.643. The SMILES string of the molecule is CC(C)c1n[nH]c([C@@H]2CN(C(=O)CCn3cncn3)CCO2)n1. The first-order valence-electron chi connectivity index (χ1n) is 7.77. The molecule has 124 valence electrons. The van der Waals surface area contributed by atoms with Crippen LogP contribution in [0.2, 0.25) is 0 Å². The van der Waals surface area contributed by atoms with Crippen LogP contribution in [0.3, 0.4) is 0 Å². The van der Waals surface area contributed by atoms with Gasteiger partial charge in [0.05, 0.1) is 19.7 Å². The molecule has 1 aliphatic rings. The van der Waals surface area contributed by atoms with Gasteiger partial charge in [-0.25, -0.2) is 9.97 Å². The van der Waals surface area contributed by atoms with E-state index in [2.05, 4.69) is 25.3 Å². The number of ether oxygens (including phenoxy) is 1. The highest BCUT2D eigenvalue weighted by atomic mass is 16.5. The first-order chi connectivity index (χ1) is 11.1. The Morgan fingerprint density at radius 2 is 2.39 bits per heavy atom. The van der Waals surface area contributed by atoms with Crippen molar-refractivity contribution in [3.63, 3.8) is 0 Å². The third-order valence-corrected chi connectivity index (χ3v) is 3.78. The largest absolute Gasteiger partial charge is 0.367 e. The Bertz CT molecular complexity index is 637. The highest BCUT2D eigenvalue weighted by Crippen LogP contribution is 2.21. The molecule has 2 aromatic rings. The number of rotatable bonds is 5. The maximum Gasteiger partial charge on any atom is 0.224 e. The molecule has 1 aliphatic heterocycles. The second-order valence-corrected chi connectivity index (χ2v) is 5.84. The quantitative estimate of drug-likeness (QED) is 0.861. The molecule has 0 bridgehead atoms. The Morgan fingerprint density at radius 1 is 1.52 bits per heavy atom. The second-order valence-electron chi connectivity index (χ2n) is 5.84. The van der Waals surface area contributed by atoms with Crippen LogP contribution in [0, 0.1) is 0 Å². The number of amides is 1.